The first-order valence-electron chi connectivity index (χ1n) is 13.0. The van der Waals surface area contributed by atoms with Crippen molar-refractivity contribution in [2.24, 2.45) is 10.9 Å². The fraction of sp³-hybridized carbons (Fsp3) is 0.448. The third-order valence-corrected chi connectivity index (χ3v) is 7.14. The van der Waals surface area contributed by atoms with Gasteiger partial charge in [-0.2, -0.15) is 0 Å². The van der Waals surface area contributed by atoms with Gasteiger partial charge < -0.3 is 15.5 Å². The first-order valence-corrected chi connectivity index (χ1v) is 13.0. The number of nitrogens with zero attached hydrogens (tertiary/aromatic N) is 2. The number of carbonyl (C=O) groups excluding carboxylic acids is 3. The summed E-state index contributed by atoms with van der Waals surface area (Å²) < 4.78 is 0. The highest BCUT2D eigenvalue weighted by Gasteiger charge is 2.35. The van der Waals surface area contributed by atoms with Crippen LogP contribution in [0.25, 0.3) is 0 Å². The van der Waals surface area contributed by atoms with E-state index in [9.17, 15) is 14.4 Å². The maximum atomic E-state index is 13.8. The number of benzodiazepines with no additional fused rings is 1. The van der Waals surface area contributed by atoms with Gasteiger partial charge in [0.1, 0.15) is 0 Å². The number of para-hydroxylation sites is 1. The number of ketones is 1. The quantitative estimate of drug-likeness (QED) is 0.579. The number of hydrogen-bond acceptors (Lipinski definition) is 4. The predicted octanol–water partition coefficient (Wildman–Crippen LogP) is 5.54. The van der Waals surface area contributed by atoms with Crippen LogP contribution < -0.4 is 15.5 Å². The summed E-state index contributed by atoms with van der Waals surface area (Å²) in [5, 5.41) is 5.50. The van der Waals surface area contributed by atoms with Crippen molar-refractivity contribution in [3.63, 3.8) is 0 Å². The molecule has 2 aromatic rings. The van der Waals surface area contributed by atoms with Gasteiger partial charge >= 0.3 is 6.03 Å². The van der Waals surface area contributed by atoms with Gasteiger partial charge in [-0.1, -0.05) is 62.4 Å². The molecule has 2 N–H and O–H groups in total. The normalized spacial score (nSPS) is 18.9. The van der Waals surface area contributed by atoms with Crippen LogP contribution in [0.1, 0.15) is 68.6 Å². The molecule has 2 aliphatic rings. The van der Waals surface area contributed by atoms with E-state index in [2.05, 4.69) is 15.6 Å². The Morgan fingerprint density at radius 3 is 2.39 bits per heavy atom. The minimum atomic E-state index is -1.13. The van der Waals surface area contributed by atoms with Crippen LogP contribution >= 0.6 is 0 Å². The first-order chi connectivity index (χ1) is 17.3. The van der Waals surface area contributed by atoms with E-state index in [4.69, 9.17) is 0 Å². The standard InChI is InChI=1S/C29H36N4O3/c1-19-11-9-15-23(17-19)31-29(36)32-27-28(35)33(18-25(34)22-13-7-5-4-6-8-14-22)26-20(2)12-10-16-24(26)21(3)30-27/h9-12,15-17,22,27H,4-8,13-14,18H2,1-3H3,(H2,31,32,36)/t27-/m0/s1. The zero-order valence-corrected chi connectivity index (χ0v) is 21.5. The molecule has 0 aromatic heterocycles. The molecule has 1 fully saturated rings. The van der Waals surface area contributed by atoms with Gasteiger partial charge in [0.2, 0.25) is 6.17 Å². The maximum Gasteiger partial charge on any atom is 0.321 e. The van der Waals surface area contributed by atoms with Crippen molar-refractivity contribution in [2.75, 3.05) is 16.8 Å². The smallest absolute Gasteiger partial charge is 0.308 e. The average molecular weight is 489 g/mol. The second kappa shape index (κ2) is 11.5. The summed E-state index contributed by atoms with van der Waals surface area (Å²) in [6.07, 6.45) is 6.25. The lowest BCUT2D eigenvalue weighted by atomic mass is 9.88. The second-order valence-electron chi connectivity index (χ2n) is 9.99. The van der Waals surface area contributed by atoms with Gasteiger partial charge in [-0.25, -0.2) is 4.79 Å². The largest absolute Gasteiger partial charge is 0.321 e. The molecular weight excluding hydrogens is 452 g/mol. The van der Waals surface area contributed by atoms with Crippen LogP contribution in [0, 0.1) is 19.8 Å². The molecule has 0 spiro atoms. The molecule has 7 nitrogen and oxygen atoms in total. The maximum absolute atomic E-state index is 13.8. The highest BCUT2D eigenvalue weighted by atomic mass is 16.2. The molecule has 0 radical (unpaired) electrons. The van der Waals surface area contributed by atoms with E-state index in [1.54, 1.807) is 11.0 Å². The number of anilines is 2. The number of carbonyl (C=O) groups is 3. The van der Waals surface area contributed by atoms with Crippen molar-refractivity contribution >= 4 is 34.8 Å². The minimum Gasteiger partial charge on any atom is -0.308 e. The van der Waals surface area contributed by atoms with Gasteiger partial charge in [-0.3, -0.25) is 14.6 Å². The van der Waals surface area contributed by atoms with Gasteiger partial charge in [-0.05, 0) is 56.9 Å². The highest BCUT2D eigenvalue weighted by molar-refractivity contribution is 6.14. The van der Waals surface area contributed by atoms with Crippen LogP contribution in [0.5, 0.6) is 0 Å². The zero-order chi connectivity index (χ0) is 25.7. The average Bonchev–Trinajstić information content (AvgIpc) is 2.90. The molecule has 1 atom stereocenters. The minimum absolute atomic E-state index is 0.0121. The fourth-order valence-corrected chi connectivity index (χ4v) is 5.21. The molecule has 1 heterocycles. The summed E-state index contributed by atoms with van der Waals surface area (Å²) in [6.45, 7) is 5.70. The van der Waals surface area contributed by atoms with Gasteiger partial charge in [0.15, 0.2) is 5.78 Å². The van der Waals surface area contributed by atoms with E-state index in [0.717, 1.165) is 55.2 Å². The van der Waals surface area contributed by atoms with Crippen molar-refractivity contribution < 1.29 is 14.4 Å². The molecule has 0 saturated heterocycles. The van der Waals surface area contributed by atoms with Crippen LogP contribution in [-0.4, -0.2) is 36.1 Å². The number of rotatable bonds is 5. The van der Waals surface area contributed by atoms with Crippen LogP contribution in [0.3, 0.4) is 0 Å². The number of Topliss-reactive ketones (excluding diaryl/α,β-unsaturated/α-hetero) is 1. The van der Waals surface area contributed by atoms with Crippen molar-refractivity contribution in [3.05, 3.63) is 59.2 Å². The fourth-order valence-electron chi connectivity index (χ4n) is 5.21. The van der Waals surface area contributed by atoms with Crippen LogP contribution in [-0.2, 0) is 9.59 Å². The number of aryl methyl sites for hydroxylation is 2. The van der Waals surface area contributed by atoms with Crippen LogP contribution in [0.2, 0.25) is 0 Å². The number of amides is 3. The van der Waals surface area contributed by atoms with E-state index >= 15 is 0 Å². The summed E-state index contributed by atoms with van der Waals surface area (Å²) in [4.78, 5) is 46.2. The van der Waals surface area contributed by atoms with Crippen LogP contribution in [0.15, 0.2) is 47.5 Å². The predicted molar refractivity (Wildman–Crippen MR) is 144 cm³/mol. The SMILES string of the molecule is CC1=N[C@@H](NC(=O)Nc2cccc(C)c2)C(=O)N(CC(=O)C2CCCCCCC2)c2c(C)cccc21. The molecule has 7 heteroatoms. The first kappa shape index (κ1) is 25.6. The molecule has 3 amide bonds. The molecule has 1 aliphatic carbocycles. The van der Waals surface area contributed by atoms with Crippen molar-refractivity contribution in [3.8, 4) is 0 Å². The Labute approximate surface area is 213 Å². The lowest BCUT2D eigenvalue weighted by Gasteiger charge is -2.28. The zero-order valence-electron chi connectivity index (χ0n) is 21.5. The molecule has 0 unspecified atom stereocenters. The Balaban J connectivity index is 1.59. The van der Waals surface area contributed by atoms with Gasteiger partial charge in [0.05, 0.1) is 12.2 Å². The number of urea groups is 1. The summed E-state index contributed by atoms with van der Waals surface area (Å²) in [7, 11) is 0. The molecule has 1 aliphatic heterocycles. The number of hydrogen-bond donors (Lipinski definition) is 2. The molecular formula is C29H36N4O3. The molecule has 190 valence electrons. The van der Waals surface area contributed by atoms with Gasteiger partial charge in [0.25, 0.3) is 5.91 Å². The molecule has 2 aromatic carbocycles. The lowest BCUT2D eigenvalue weighted by molar-refractivity contribution is -0.125. The van der Waals surface area contributed by atoms with Crippen molar-refractivity contribution in [1.29, 1.82) is 0 Å². The van der Waals surface area contributed by atoms with E-state index < -0.39 is 18.1 Å². The Morgan fingerprint density at radius 1 is 0.972 bits per heavy atom. The van der Waals surface area contributed by atoms with Gasteiger partial charge in [0, 0.05) is 22.9 Å². The molecule has 1 saturated carbocycles. The number of fused-ring (bicyclic) bond motifs is 1. The Morgan fingerprint density at radius 2 is 1.67 bits per heavy atom. The van der Waals surface area contributed by atoms with E-state index in [1.165, 1.54) is 6.42 Å². The summed E-state index contributed by atoms with van der Waals surface area (Å²) in [6, 6.07) is 12.7. The second-order valence-corrected chi connectivity index (χ2v) is 9.99. The number of aliphatic imine (C=N–C) groups is 1. The highest BCUT2D eigenvalue weighted by Crippen LogP contribution is 2.31. The number of benzene rings is 2. The third-order valence-electron chi connectivity index (χ3n) is 7.14. The topological polar surface area (TPSA) is 90.9 Å². The molecule has 4 rings (SSSR count). The summed E-state index contributed by atoms with van der Waals surface area (Å²) in [5.41, 5.74) is 4.68. The lowest BCUT2D eigenvalue weighted by Crippen LogP contribution is -2.50. The molecule has 0 bridgehead atoms. The van der Waals surface area contributed by atoms with Gasteiger partial charge in [-0.15, -0.1) is 0 Å². The van der Waals surface area contributed by atoms with Crippen LogP contribution in [0.4, 0.5) is 16.2 Å². The Bertz CT molecular complexity index is 1160. The monoisotopic (exact) mass is 488 g/mol. The Kier molecular flexibility index (Phi) is 8.18. The summed E-state index contributed by atoms with van der Waals surface area (Å²) >= 11 is 0. The van der Waals surface area contributed by atoms with E-state index in [0.29, 0.717) is 17.1 Å². The Hall–Kier alpha value is -3.48. The van der Waals surface area contributed by atoms with E-state index in [1.807, 2.05) is 57.2 Å². The third kappa shape index (κ3) is 6.01. The number of nitrogens with one attached hydrogen (secondary N) is 2. The van der Waals surface area contributed by atoms with E-state index in [-0.39, 0.29) is 18.2 Å². The van der Waals surface area contributed by atoms with Crippen molar-refractivity contribution in [2.45, 2.75) is 71.9 Å². The summed E-state index contributed by atoms with van der Waals surface area (Å²) in [5.74, 6) is -0.352. The molecule has 36 heavy (non-hydrogen) atoms. The van der Waals surface area contributed by atoms with Crippen molar-refractivity contribution in [1.82, 2.24) is 5.32 Å².